The molecule has 1 aliphatic rings. The van der Waals surface area contributed by atoms with Gasteiger partial charge in [0.2, 0.25) is 5.91 Å². The second kappa shape index (κ2) is 9.27. The average Bonchev–Trinajstić information content (AvgIpc) is 3.20. The number of rotatable bonds is 8. The summed E-state index contributed by atoms with van der Waals surface area (Å²) in [5.74, 6) is 0.0733. The van der Waals surface area contributed by atoms with Crippen LogP contribution in [-0.4, -0.2) is 40.5 Å². The highest BCUT2D eigenvalue weighted by Gasteiger charge is 2.24. The maximum atomic E-state index is 13.3. The summed E-state index contributed by atoms with van der Waals surface area (Å²) in [5, 5.41) is 17.8. The predicted octanol–water partition coefficient (Wildman–Crippen LogP) is 3.59. The van der Waals surface area contributed by atoms with E-state index >= 15 is 0 Å². The van der Waals surface area contributed by atoms with Crippen LogP contribution < -0.4 is 10.6 Å². The zero-order chi connectivity index (χ0) is 21.8. The first-order chi connectivity index (χ1) is 15.1. The number of hydrogen-bond donors (Lipinski definition) is 4. The lowest BCUT2D eigenvalue weighted by Gasteiger charge is -2.26. The van der Waals surface area contributed by atoms with Crippen LogP contribution in [0.3, 0.4) is 0 Å². The number of phenolic OH excluding ortho intramolecular Hbond substituents is 1. The standard InChI is InChI=1S/C25H30N4O2/c1-3-29(4-2)25(31)18(14-26-13-17-7-5-8-20(30)11-17)12-23-21-9-6-10-22-24(21)19(15-27-22)16-28-23/h5-12,15,18,26-28,30H,3-4,13-14,16H2,1-2H3/b23-12-. The molecule has 0 aliphatic carbocycles. The molecule has 31 heavy (non-hydrogen) atoms. The molecule has 1 aliphatic heterocycles. The van der Waals surface area contributed by atoms with E-state index in [0.717, 1.165) is 28.9 Å². The number of amides is 1. The van der Waals surface area contributed by atoms with Crippen molar-refractivity contribution in [2.45, 2.75) is 26.9 Å². The van der Waals surface area contributed by atoms with E-state index in [1.54, 1.807) is 12.1 Å². The molecule has 0 saturated carbocycles. The zero-order valence-electron chi connectivity index (χ0n) is 18.1. The van der Waals surface area contributed by atoms with Crippen LogP contribution in [0.5, 0.6) is 5.75 Å². The number of carbonyl (C=O) groups is 1. The topological polar surface area (TPSA) is 80.4 Å². The van der Waals surface area contributed by atoms with Crippen molar-refractivity contribution in [1.82, 2.24) is 20.5 Å². The molecule has 4 rings (SSSR count). The molecule has 6 heteroatoms. The smallest absolute Gasteiger partial charge is 0.230 e. The van der Waals surface area contributed by atoms with Crippen LogP contribution in [0.4, 0.5) is 0 Å². The first kappa shape index (κ1) is 21.0. The average molecular weight is 419 g/mol. The molecular weight excluding hydrogens is 388 g/mol. The Morgan fingerprint density at radius 3 is 2.81 bits per heavy atom. The quantitative estimate of drug-likeness (QED) is 0.451. The summed E-state index contributed by atoms with van der Waals surface area (Å²) >= 11 is 0. The van der Waals surface area contributed by atoms with E-state index in [1.807, 2.05) is 43.1 Å². The van der Waals surface area contributed by atoms with E-state index in [4.69, 9.17) is 0 Å². The highest BCUT2D eigenvalue weighted by molar-refractivity contribution is 5.97. The van der Waals surface area contributed by atoms with E-state index in [-0.39, 0.29) is 17.6 Å². The lowest BCUT2D eigenvalue weighted by molar-refractivity contribution is -0.133. The molecule has 1 aromatic heterocycles. The van der Waals surface area contributed by atoms with Gasteiger partial charge >= 0.3 is 0 Å². The predicted molar refractivity (Wildman–Crippen MR) is 124 cm³/mol. The minimum Gasteiger partial charge on any atom is -0.508 e. The number of aromatic nitrogens is 1. The summed E-state index contributed by atoms with van der Waals surface area (Å²) in [6, 6.07) is 13.4. The van der Waals surface area contributed by atoms with Crippen molar-refractivity contribution in [3.8, 4) is 5.75 Å². The Morgan fingerprint density at radius 1 is 1.23 bits per heavy atom. The van der Waals surface area contributed by atoms with Crippen LogP contribution in [0.25, 0.3) is 16.6 Å². The second-order valence-electron chi connectivity index (χ2n) is 7.89. The Morgan fingerprint density at radius 2 is 2.03 bits per heavy atom. The summed E-state index contributed by atoms with van der Waals surface area (Å²) in [5.41, 5.74) is 5.48. The number of carbonyl (C=O) groups excluding carboxylic acids is 1. The lowest BCUT2D eigenvalue weighted by atomic mass is 9.96. The summed E-state index contributed by atoms with van der Waals surface area (Å²) in [4.78, 5) is 18.5. The maximum Gasteiger partial charge on any atom is 0.230 e. The fourth-order valence-electron chi connectivity index (χ4n) is 4.28. The molecule has 3 aromatic rings. The molecule has 2 heterocycles. The molecule has 0 radical (unpaired) electrons. The molecule has 1 amide bonds. The van der Waals surface area contributed by atoms with E-state index in [2.05, 4.69) is 33.8 Å². The highest BCUT2D eigenvalue weighted by atomic mass is 16.3. The van der Waals surface area contributed by atoms with Crippen LogP contribution >= 0.6 is 0 Å². The summed E-state index contributed by atoms with van der Waals surface area (Å²) in [6.45, 7) is 7.25. The van der Waals surface area contributed by atoms with Crippen molar-refractivity contribution < 1.29 is 9.90 Å². The number of nitrogens with one attached hydrogen (secondary N) is 3. The minimum atomic E-state index is -0.296. The van der Waals surface area contributed by atoms with Gasteiger partial charge in [-0.3, -0.25) is 4.79 Å². The molecule has 0 fully saturated rings. The Labute approximate surface area is 183 Å². The normalized spacial score (nSPS) is 15.1. The summed E-state index contributed by atoms with van der Waals surface area (Å²) < 4.78 is 0. The van der Waals surface area contributed by atoms with Gasteiger partial charge in [0.1, 0.15) is 5.75 Å². The van der Waals surface area contributed by atoms with E-state index in [0.29, 0.717) is 26.2 Å². The largest absolute Gasteiger partial charge is 0.508 e. The number of H-pyrrole nitrogens is 1. The minimum absolute atomic E-state index is 0.120. The molecule has 4 N–H and O–H groups in total. The fourth-order valence-corrected chi connectivity index (χ4v) is 4.28. The number of benzene rings is 2. The number of hydrogen-bond acceptors (Lipinski definition) is 4. The molecule has 162 valence electrons. The summed E-state index contributed by atoms with van der Waals surface area (Å²) in [6.07, 6.45) is 4.12. The molecule has 0 saturated heterocycles. The van der Waals surface area contributed by atoms with Gasteiger partial charge in [0.05, 0.1) is 5.92 Å². The van der Waals surface area contributed by atoms with Gasteiger partial charge in [-0.15, -0.1) is 0 Å². The maximum absolute atomic E-state index is 13.3. The van der Waals surface area contributed by atoms with Crippen molar-refractivity contribution in [3.05, 3.63) is 71.4 Å². The van der Waals surface area contributed by atoms with Gasteiger partial charge < -0.3 is 25.6 Å². The van der Waals surface area contributed by atoms with Crippen molar-refractivity contribution in [2.24, 2.45) is 5.92 Å². The molecule has 1 atom stereocenters. The van der Waals surface area contributed by atoms with Gasteiger partial charge in [-0.05, 0) is 49.2 Å². The van der Waals surface area contributed by atoms with E-state index < -0.39 is 0 Å². The molecule has 0 spiro atoms. The Balaban J connectivity index is 1.59. The number of aromatic amines is 1. The van der Waals surface area contributed by atoms with E-state index in [9.17, 15) is 9.90 Å². The zero-order valence-corrected chi connectivity index (χ0v) is 18.1. The van der Waals surface area contributed by atoms with Gasteiger partial charge in [0.15, 0.2) is 0 Å². The molecule has 0 bridgehead atoms. The van der Waals surface area contributed by atoms with Gasteiger partial charge in [-0.25, -0.2) is 0 Å². The Bertz CT molecular complexity index is 1100. The highest BCUT2D eigenvalue weighted by Crippen LogP contribution is 2.31. The first-order valence-corrected chi connectivity index (χ1v) is 10.9. The Hall–Kier alpha value is -3.25. The third kappa shape index (κ3) is 4.44. The third-order valence-electron chi connectivity index (χ3n) is 5.91. The molecule has 2 aromatic carbocycles. The number of nitrogens with zero attached hydrogens (tertiary/aromatic N) is 1. The number of phenols is 1. The first-order valence-electron chi connectivity index (χ1n) is 10.9. The van der Waals surface area contributed by atoms with Crippen molar-refractivity contribution in [3.63, 3.8) is 0 Å². The third-order valence-corrected chi connectivity index (χ3v) is 5.91. The monoisotopic (exact) mass is 418 g/mol. The van der Waals surface area contributed by atoms with Gasteiger partial charge in [-0.2, -0.15) is 0 Å². The van der Waals surface area contributed by atoms with Crippen LogP contribution in [0.15, 0.2) is 54.7 Å². The number of aromatic hydroxyl groups is 1. The van der Waals surface area contributed by atoms with E-state index in [1.165, 1.54) is 10.9 Å². The second-order valence-corrected chi connectivity index (χ2v) is 7.89. The SMILES string of the molecule is CCN(CC)C(=O)C(/C=C1\NCc2c[nH]c3cccc1c23)CNCc1cccc(O)c1. The van der Waals surface area contributed by atoms with Crippen LogP contribution in [0.2, 0.25) is 0 Å². The molecule has 6 nitrogen and oxygen atoms in total. The van der Waals surface area contributed by atoms with Gasteiger partial charge in [0, 0.05) is 61.1 Å². The van der Waals surface area contributed by atoms with Crippen LogP contribution in [0, 0.1) is 5.92 Å². The lowest BCUT2D eigenvalue weighted by Crippen LogP contribution is -2.39. The van der Waals surface area contributed by atoms with Crippen molar-refractivity contribution in [2.75, 3.05) is 19.6 Å². The summed E-state index contributed by atoms with van der Waals surface area (Å²) in [7, 11) is 0. The fraction of sp³-hybridized carbons (Fsp3) is 0.320. The van der Waals surface area contributed by atoms with Crippen LogP contribution in [0.1, 0.15) is 30.5 Å². The van der Waals surface area contributed by atoms with Gasteiger partial charge in [0.25, 0.3) is 0 Å². The van der Waals surface area contributed by atoms with Crippen molar-refractivity contribution >= 4 is 22.5 Å². The van der Waals surface area contributed by atoms with Crippen LogP contribution in [-0.2, 0) is 17.9 Å². The van der Waals surface area contributed by atoms with Crippen molar-refractivity contribution in [1.29, 1.82) is 0 Å². The van der Waals surface area contributed by atoms with Gasteiger partial charge in [-0.1, -0.05) is 24.3 Å². The molecule has 1 unspecified atom stereocenters. The Kier molecular flexibility index (Phi) is 6.28. The molecular formula is C25H30N4O2.